The Kier molecular flexibility index (Phi) is 4.39. The summed E-state index contributed by atoms with van der Waals surface area (Å²) in [5, 5.41) is 6.98. The minimum atomic E-state index is -0.142. The van der Waals surface area contributed by atoms with E-state index in [9.17, 15) is 4.79 Å². The fourth-order valence-electron chi connectivity index (χ4n) is 2.83. The number of hydrogen-bond donors (Lipinski definition) is 2. The molecule has 0 bridgehead atoms. The molecule has 2 N–H and O–H groups in total. The standard InChI is InChI=1S/C16H18BrN3O/c17-13-8-9-14(15-12(13)7-4-10-18-15)20-16(21)19-11-5-2-1-3-6-11/h4,7-11H,1-3,5-6H2,(H2,19,20,21). The lowest BCUT2D eigenvalue weighted by Crippen LogP contribution is -2.39. The molecule has 4 nitrogen and oxygen atoms in total. The Morgan fingerprint density at radius 3 is 2.81 bits per heavy atom. The van der Waals surface area contributed by atoms with Crippen LogP contribution in [0.3, 0.4) is 0 Å². The number of aromatic nitrogens is 1. The molecule has 0 aliphatic heterocycles. The largest absolute Gasteiger partial charge is 0.335 e. The number of urea groups is 1. The average molecular weight is 348 g/mol. The van der Waals surface area contributed by atoms with Gasteiger partial charge in [0.15, 0.2) is 0 Å². The van der Waals surface area contributed by atoms with Crippen LogP contribution in [0.25, 0.3) is 10.9 Å². The summed E-state index contributed by atoms with van der Waals surface area (Å²) in [6.07, 6.45) is 7.57. The Labute approximate surface area is 132 Å². The van der Waals surface area contributed by atoms with Crippen LogP contribution in [-0.4, -0.2) is 17.1 Å². The summed E-state index contributed by atoms with van der Waals surface area (Å²) in [5.74, 6) is 0. The molecule has 5 heteroatoms. The second-order valence-corrected chi connectivity index (χ2v) is 6.28. The molecule has 1 fully saturated rings. The third kappa shape index (κ3) is 3.35. The van der Waals surface area contributed by atoms with Crippen LogP contribution in [-0.2, 0) is 0 Å². The number of carbonyl (C=O) groups excluding carboxylic acids is 1. The van der Waals surface area contributed by atoms with Crippen molar-refractivity contribution >= 4 is 38.6 Å². The van der Waals surface area contributed by atoms with E-state index in [0.29, 0.717) is 6.04 Å². The highest BCUT2D eigenvalue weighted by Crippen LogP contribution is 2.28. The van der Waals surface area contributed by atoms with Gasteiger partial charge in [0.05, 0.1) is 11.2 Å². The van der Waals surface area contributed by atoms with E-state index in [1.165, 1.54) is 19.3 Å². The highest BCUT2D eigenvalue weighted by Gasteiger charge is 2.16. The first kappa shape index (κ1) is 14.3. The summed E-state index contributed by atoms with van der Waals surface area (Å²) < 4.78 is 0.976. The molecule has 1 aromatic heterocycles. The molecule has 110 valence electrons. The van der Waals surface area contributed by atoms with Gasteiger partial charge in [-0.15, -0.1) is 0 Å². The molecule has 0 atom stereocenters. The second-order valence-electron chi connectivity index (χ2n) is 5.43. The molecule has 2 amide bonds. The second kappa shape index (κ2) is 6.43. The van der Waals surface area contributed by atoms with Gasteiger partial charge >= 0.3 is 6.03 Å². The molecule has 0 saturated heterocycles. The van der Waals surface area contributed by atoms with E-state index in [4.69, 9.17) is 0 Å². The van der Waals surface area contributed by atoms with Crippen molar-refractivity contribution in [2.45, 2.75) is 38.1 Å². The van der Waals surface area contributed by atoms with Crippen molar-refractivity contribution in [3.8, 4) is 0 Å². The lowest BCUT2D eigenvalue weighted by Gasteiger charge is -2.23. The van der Waals surface area contributed by atoms with Crippen molar-refractivity contribution < 1.29 is 4.79 Å². The van der Waals surface area contributed by atoms with Crippen LogP contribution in [0.1, 0.15) is 32.1 Å². The average Bonchev–Trinajstić information content (AvgIpc) is 2.51. The van der Waals surface area contributed by atoms with Gasteiger partial charge in [0.1, 0.15) is 0 Å². The Morgan fingerprint density at radius 1 is 1.19 bits per heavy atom. The van der Waals surface area contributed by atoms with Gasteiger partial charge in [0.2, 0.25) is 0 Å². The van der Waals surface area contributed by atoms with Crippen LogP contribution >= 0.6 is 15.9 Å². The number of anilines is 1. The quantitative estimate of drug-likeness (QED) is 0.842. The maximum Gasteiger partial charge on any atom is 0.319 e. The van der Waals surface area contributed by atoms with E-state index < -0.39 is 0 Å². The Bertz CT molecular complexity index is 653. The molecule has 1 aromatic carbocycles. The van der Waals surface area contributed by atoms with Gasteiger partial charge in [-0.3, -0.25) is 4.98 Å². The van der Waals surface area contributed by atoms with Gasteiger partial charge in [-0.1, -0.05) is 41.3 Å². The molecule has 21 heavy (non-hydrogen) atoms. The summed E-state index contributed by atoms with van der Waals surface area (Å²) in [4.78, 5) is 16.5. The molecule has 1 aliphatic carbocycles. The first-order valence-corrected chi connectivity index (χ1v) is 8.14. The number of hydrogen-bond acceptors (Lipinski definition) is 2. The smallest absolute Gasteiger partial charge is 0.319 e. The van der Waals surface area contributed by atoms with Crippen LogP contribution in [0.15, 0.2) is 34.9 Å². The van der Waals surface area contributed by atoms with Gasteiger partial charge in [-0.25, -0.2) is 4.79 Å². The molecule has 0 radical (unpaired) electrons. The van der Waals surface area contributed by atoms with Crippen LogP contribution < -0.4 is 10.6 Å². The molecule has 1 heterocycles. The molecule has 2 aromatic rings. The fourth-order valence-corrected chi connectivity index (χ4v) is 3.28. The number of amides is 2. The Hall–Kier alpha value is -1.62. The molecule has 0 spiro atoms. The van der Waals surface area contributed by atoms with E-state index in [0.717, 1.165) is 33.9 Å². The SMILES string of the molecule is O=C(Nc1ccc(Br)c2cccnc12)NC1CCCCC1. The Balaban J connectivity index is 1.75. The minimum absolute atomic E-state index is 0.142. The molecule has 1 aliphatic rings. The first-order chi connectivity index (χ1) is 10.2. The zero-order chi connectivity index (χ0) is 14.7. The van der Waals surface area contributed by atoms with E-state index in [-0.39, 0.29) is 6.03 Å². The number of nitrogens with zero attached hydrogens (tertiary/aromatic N) is 1. The van der Waals surface area contributed by atoms with Crippen LogP contribution in [0.4, 0.5) is 10.5 Å². The third-order valence-electron chi connectivity index (χ3n) is 3.91. The summed E-state index contributed by atoms with van der Waals surface area (Å²) >= 11 is 3.51. The van der Waals surface area contributed by atoms with Crippen LogP contribution in [0, 0.1) is 0 Å². The number of benzene rings is 1. The van der Waals surface area contributed by atoms with E-state index >= 15 is 0 Å². The van der Waals surface area contributed by atoms with Gasteiger partial charge in [-0.05, 0) is 31.0 Å². The minimum Gasteiger partial charge on any atom is -0.335 e. The molecule has 0 unspecified atom stereocenters. The van der Waals surface area contributed by atoms with Crippen LogP contribution in [0.2, 0.25) is 0 Å². The number of halogens is 1. The first-order valence-electron chi connectivity index (χ1n) is 7.35. The summed E-state index contributed by atoms with van der Waals surface area (Å²) in [6, 6.07) is 7.83. The zero-order valence-corrected chi connectivity index (χ0v) is 13.3. The highest BCUT2D eigenvalue weighted by atomic mass is 79.9. The monoisotopic (exact) mass is 347 g/mol. The van der Waals surface area contributed by atoms with Crippen molar-refractivity contribution in [1.82, 2.24) is 10.3 Å². The van der Waals surface area contributed by atoms with Gasteiger partial charge < -0.3 is 10.6 Å². The van der Waals surface area contributed by atoms with E-state index in [1.807, 2.05) is 24.3 Å². The summed E-state index contributed by atoms with van der Waals surface area (Å²) in [7, 11) is 0. The molecule has 3 rings (SSSR count). The van der Waals surface area contributed by atoms with Crippen LogP contribution in [0.5, 0.6) is 0 Å². The maximum absolute atomic E-state index is 12.1. The molecular weight excluding hydrogens is 330 g/mol. The summed E-state index contributed by atoms with van der Waals surface area (Å²) in [5.41, 5.74) is 1.53. The lowest BCUT2D eigenvalue weighted by molar-refractivity contribution is 0.244. The maximum atomic E-state index is 12.1. The normalized spacial score (nSPS) is 15.9. The lowest BCUT2D eigenvalue weighted by atomic mass is 9.96. The van der Waals surface area contributed by atoms with Crippen molar-refractivity contribution in [2.75, 3.05) is 5.32 Å². The Morgan fingerprint density at radius 2 is 2.00 bits per heavy atom. The number of pyridine rings is 1. The number of fused-ring (bicyclic) bond motifs is 1. The van der Waals surface area contributed by atoms with Gasteiger partial charge in [-0.2, -0.15) is 0 Å². The van der Waals surface area contributed by atoms with Crippen molar-refractivity contribution in [3.05, 3.63) is 34.9 Å². The van der Waals surface area contributed by atoms with Crippen molar-refractivity contribution in [2.24, 2.45) is 0 Å². The highest BCUT2D eigenvalue weighted by molar-refractivity contribution is 9.10. The summed E-state index contributed by atoms with van der Waals surface area (Å²) in [6.45, 7) is 0. The van der Waals surface area contributed by atoms with Crippen molar-refractivity contribution in [3.63, 3.8) is 0 Å². The third-order valence-corrected chi connectivity index (χ3v) is 4.60. The van der Waals surface area contributed by atoms with E-state index in [2.05, 4.69) is 31.5 Å². The number of carbonyl (C=O) groups is 1. The molecule has 1 saturated carbocycles. The topological polar surface area (TPSA) is 54.0 Å². The number of rotatable bonds is 2. The number of nitrogens with one attached hydrogen (secondary N) is 2. The predicted octanol–water partition coefficient (Wildman–Crippen LogP) is 4.45. The molecular formula is C16H18BrN3O. The van der Waals surface area contributed by atoms with E-state index in [1.54, 1.807) is 6.20 Å². The van der Waals surface area contributed by atoms with Gasteiger partial charge in [0, 0.05) is 22.1 Å². The predicted molar refractivity (Wildman–Crippen MR) is 88.5 cm³/mol. The van der Waals surface area contributed by atoms with Gasteiger partial charge in [0.25, 0.3) is 0 Å². The zero-order valence-electron chi connectivity index (χ0n) is 11.7. The fraction of sp³-hybridized carbons (Fsp3) is 0.375. The van der Waals surface area contributed by atoms with Crippen molar-refractivity contribution in [1.29, 1.82) is 0 Å².